The molecular weight excluding hydrogens is 264 g/mol. The van der Waals surface area contributed by atoms with Crippen molar-refractivity contribution in [2.24, 2.45) is 5.41 Å². The molecule has 0 atom stereocenters. The van der Waals surface area contributed by atoms with Gasteiger partial charge in [-0.15, -0.1) is 0 Å². The van der Waals surface area contributed by atoms with Gasteiger partial charge in [0, 0.05) is 23.1 Å². The molecule has 0 radical (unpaired) electrons. The van der Waals surface area contributed by atoms with E-state index in [9.17, 15) is 14.4 Å². The van der Waals surface area contributed by atoms with Gasteiger partial charge in [-0.25, -0.2) is 0 Å². The van der Waals surface area contributed by atoms with Crippen LogP contribution in [0.4, 0.5) is 0 Å². The van der Waals surface area contributed by atoms with Crippen LogP contribution in [0, 0.1) is 5.41 Å². The Bertz CT molecular complexity index is 709. The second-order valence-electron chi connectivity index (χ2n) is 5.50. The lowest BCUT2D eigenvalue weighted by Gasteiger charge is -2.19. The van der Waals surface area contributed by atoms with Gasteiger partial charge in [0.15, 0.2) is 17.3 Å². The molecule has 1 aliphatic rings. The summed E-state index contributed by atoms with van der Waals surface area (Å²) in [7, 11) is 0. The molecule has 0 bridgehead atoms. The van der Waals surface area contributed by atoms with Crippen LogP contribution >= 0.6 is 0 Å². The Morgan fingerprint density at radius 3 is 1.86 bits per heavy atom. The molecule has 3 nitrogen and oxygen atoms in total. The Morgan fingerprint density at radius 2 is 1.33 bits per heavy atom. The number of hydrogen-bond acceptors (Lipinski definition) is 3. The standard InChI is InChI=1S/C18H14O3/c1-18(11-15(19)12-7-3-2-4-8-12)16(20)13-9-5-6-10-14(13)17(18)21/h2-10H,11H2,1H3. The van der Waals surface area contributed by atoms with Gasteiger partial charge >= 0.3 is 0 Å². The average molecular weight is 278 g/mol. The van der Waals surface area contributed by atoms with E-state index in [0.717, 1.165) is 0 Å². The maximum atomic E-state index is 12.5. The summed E-state index contributed by atoms with van der Waals surface area (Å²) in [5, 5.41) is 0. The molecule has 2 aromatic rings. The van der Waals surface area contributed by atoms with Gasteiger partial charge in [0.05, 0.1) is 0 Å². The number of rotatable bonds is 3. The summed E-state index contributed by atoms with van der Waals surface area (Å²) in [6.07, 6.45) is -0.0939. The van der Waals surface area contributed by atoms with Crippen LogP contribution in [0.15, 0.2) is 54.6 Å². The lowest BCUT2D eigenvalue weighted by atomic mass is 9.79. The van der Waals surface area contributed by atoms with E-state index in [4.69, 9.17) is 0 Å². The Kier molecular flexibility index (Phi) is 3.05. The van der Waals surface area contributed by atoms with E-state index >= 15 is 0 Å². The number of ketones is 3. The molecule has 0 heterocycles. The topological polar surface area (TPSA) is 51.2 Å². The minimum absolute atomic E-state index is 0.0939. The Labute approximate surface area is 122 Å². The smallest absolute Gasteiger partial charge is 0.177 e. The highest BCUT2D eigenvalue weighted by atomic mass is 16.2. The lowest BCUT2D eigenvalue weighted by Crippen LogP contribution is -2.32. The summed E-state index contributed by atoms with van der Waals surface area (Å²) in [6.45, 7) is 1.57. The molecule has 3 rings (SSSR count). The summed E-state index contributed by atoms with van der Waals surface area (Å²) in [5.74, 6) is -0.702. The van der Waals surface area contributed by atoms with E-state index < -0.39 is 5.41 Å². The molecule has 0 unspecified atom stereocenters. The van der Waals surface area contributed by atoms with E-state index in [1.807, 2.05) is 6.07 Å². The molecular formula is C18H14O3. The molecule has 2 aromatic carbocycles. The van der Waals surface area contributed by atoms with Crippen LogP contribution in [0.3, 0.4) is 0 Å². The molecule has 0 aromatic heterocycles. The van der Waals surface area contributed by atoms with Crippen molar-refractivity contribution in [1.29, 1.82) is 0 Å². The van der Waals surface area contributed by atoms with Crippen molar-refractivity contribution in [2.75, 3.05) is 0 Å². The normalized spacial score (nSPS) is 15.9. The van der Waals surface area contributed by atoms with Gasteiger partial charge in [0.25, 0.3) is 0 Å². The fourth-order valence-electron chi connectivity index (χ4n) is 2.78. The van der Waals surface area contributed by atoms with Crippen LogP contribution in [0.25, 0.3) is 0 Å². The van der Waals surface area contributed by atoms with E-state index in [1.165, 1.54) is 0 Å². The third kappa shape index (κ3) is 2.02. The molecule has 0 saturated heterocycles. The Balaban J connectivity index is 1.95. The summed E-state index contributed by atoms with van der Waals surface area (Å²) >= 11 is 0. The molecule has 0 spiro atoms. The number of carbonyl (C=O) groups is 3. The monoisotopic (exact) mass is 278 g/mol. The zero-order chi connectivity index (χ0) is 15.0. The van der Waals surface area contributed by atoms with Gasteiger partial charge in [-0.2, -0.15) is 0 Å². The molecule has 0 fully saturated rings. The highest BCUT2D eigenvalue weighted by Gasteiger charge is 2.50. The SMILES string of the molecule is CC1(CC(=O)c2ccccc2)C(=O)c2ccccc2C1=O. The van der Waals surface area contributed by atoms with Crippen molar-refractivity contribution in [3.63, 3.8) is 0 Å². The van der Waals surface area contributed by atoms with E-state index in [-0.39, 0.29) is 23.8 Å². The minimum atomic E-state index is -1.28. The van der Waals surface area contributed by atoms with Crippen molar-refractivity contribution < 1.29 is 14.4 Å². The first-order valence-electron chi connectivity index (χ1n) is 6.81. The first-order valence-corrected chi connectivity index (χ1v) is 6.81. The van der Waals surface area contributed by atoms with Gasteiger partial charge in [-0.1, -0.05) is 54.6 Å². The zero-order valence-electron chi connectivity index (χ0n) is 11.6. The Hall–Kier alpha value is -2.55. The first kappa shape index (κ1) is 13.4. The number of fused-ring (bicyclic) bond motifs is 1. The highest BCUT2D eigenvalue weighted by Crippen LogP contribution is 2.39. The number of benzene rings is 2. The first-order chi connectivity index (χ1) is 10.0. The third-order valence-corrected chi connectivity index (χ3v) is 4.03. The van der Waals surface area contributed by atoms with Gasteiger partial charge in [0.1, 0.15) is 5.41 Å². The average Bonchev–Trinajstić information content (AvgIpc) is 2.71. The summed E-state index contributed by atoms with van der Waals surface area (Å²) in [5.41, 5.74) is 0.0865. The van der Waals surface area contributed by atoms with Crippen LogP contribution in [0.2, 0.25) is 0 Å². The number of Topliss-reactive ketones (excluding diaryl/α,β-unsaturated/α-hetero) is 3. The second-order valence-corrected chi connectivity index (χ2v) is 5.50. The van der Waals surface area contributed by atoms with Crippen molar-refractivity contribution >= 4 is 17.3 Å². The second kappa shape index (κ2) is 4.77. The molecule has 3 heteroatoms. The summed E-state index contributed by atoms with van der Waals surface area (Å²) in [4.78, 5) is 37.4. The highest BCUT2D eigenvalue weighted by molar-refractivity contribution is 6.30. The largest absolute Gasteiger partial charge is 0.294 e. The van der Waals surface area contributed by atoms with Crippen LogP contribution in [0.1, 0.15) is 44.4 Å². The summed E-state index contributed by atoms with van der Waals surface area (Å²) < 4.78 is 0. The molecule has 104 valence electrons. The van der Waals surface area contributed by atoms with Crippen molar-refractivity contribution in [3.8, 4) is 0 Å². The molecule has 0 aliphatic heterocycles. The minimum Gasteiger partial charge on any atom is -0.294 e. The maximum absolute atomic E-state index is 12.5. The predicted octanol–water partition coefficient (Wildman–Crippen LogP) is 3.34. The van der Waals surface area contributed by atoms with Crippen LogP contribution < -0.4 is 0 Å². The molecule has 0 saturated carbocycles. The molecule has 21 heavy (non-hydrogen) atoms. The van der Waals surface area contributed by atoms with Gasteiger partial charge in [-0.3, -0.25) is 14.4 Å². The number of carbonyl (C=O) groups excluding carboxylic acids is 3. The van der Waals surface area contributed by atoms with Gasteiger partial charge in [-0.05, 0) is 6.92 Å². The lowest BCUT2D eigenvalue weighted by molar-refractivity contribution is 0.0669. The molecule has 1 aliphatic carbocycles. The van der Waals surface area contributed by atoms with Crippen LogP contribution in [-0.4, -0.2) is 17.3 Å². The fraction of sp³-hybridized carbons (Fsp3) is 0.167. The van der Waals surface area contributed by atoms with Crippen molar-refractivity contribution in [3.05, 3.63) is 71.3 Å². The van der Waals surface area contributed by atoms with Crippen molar-refractivity contribution in [2.45, 2.75) is 13.3 Å². The third-order valence-electron chi connectivity index (χ3n) is 4.03. The van der Waals surface area contributed by atoms with Gasteiger partial charge in [0.2, 0.25) is 0 Å². The van der Waals surface area contributed by atoms with Crippen molar-refractivity contribution in [1.82, 2.24) is 0 Å². The molecule has 0 N–H and O–H groups in total. The maximum Gasteiger partial charge on any atom is 0.177 e. The Morgan fingerprint density at radius 1 is 0.857 bits per heavy atom. The fourth-order valence-corrected chi connectivity index (χ4v) is 2.78. The molecule has 0 amide bonds. The van der Waals surface area contributed by atoms with E-state index in [0.29, 0.717) is 16.7 Å². The zero-order valence-corrected chi connectivity index (χ0v) is 11.6. The van der Waals surface area contributed by atoms with E-state index in [1.54, 1.807) is 55.5 Å². The summed E-state index contributed by atoms with van der Waals surface area (Å²) in [6, 6.07) is 15.5. The van der Waals surface area contributed by atoms with E-state index in [2.05, 4.69) is 0 Å². The van der Waals surface area contributed by atoms with Gasteiger partial charge < -0.3 is 0 Å². The predicted molar refractivity (Wildman–Crippen MR) is 78.6 cm³/mol. The van der Waals surface area contributed by atoms with Crippen LogP contribution in [-0.2, 0) is 0 Å². The van der Waals surface area contributed by atoms with Crippen LogP contribution in [0.5, 0.6) is 0 Å². The quantitative estimate of drug-likeness (QED) is 0.639. The number of hydrogen-bond donors (Lipinski definition) is 0.